The number of fused-ring (bicyclic) bond motifs is 3. The number of nitrogens with one attached hydrogen (secondary N) is 1. The highest BCUT2D eigenvalue weighted by atomic mass is 35.5. The highest BCUT2D eigenvalue weighted by molar-refractivity contribution is 6.42. The minimum absolute atomic E-state index is 0.0519. The van der Waals surface area contributed by atoms with Gasteiger partial charge in [-0.1, -0.05) is 23.2 Å². The average Bonchev–Trinajstić information content (AvgIpc) is 3.45. The van der Waals surface area contributed by atoms with Crippen LogP contribution in [0.4, 0.5) is 0 Å². The van der Waals surface area contributed by atoms with Crippen LogP contribution in [0.25, 0.3) is 10.9 Å². The largest absolute Gasteiger partial charge is 0.508 e. The highest BCUT2D eigenvalue weighted by Crippen LogP contribution is 2.47. The third kappa shape index (κ3) is 4.97. The predicted octanol–water partition coefficient (Wildman–Crippen LogP) is 7.39. The predicted molar refractivity (Wildman–Crippen MR) is 154 cm³/mol. The Labute approximate surface area is 234 Å². The number of halogens is 2. The number of piperidine rings is 2. The van der Waals surface area contributed by atoms with E-state index in [4.69, 9.17) is 23.2 Å². The zero-order valence-electron chi connectivity index (χ0n) is 21.7. The van der Waals surface area contributed by atoms with E-state index in [1.54, 1.807) is 30.3 Å². The zero-order chi connectivity index (χ0) is 26.4. The van der Waals surface area contributed by atoms with Crippen molar-refractivity contribution in [1.82, 2.24) is 14.8 Å². The molecule has 3 aromatic rings. The summed E-state index contributed by atoms with van der Waals surface area (Å²) in [4.78, 5) is 21.1. The van der Waals surface area contributed by atoms with E-state index in [-0.39, 0.29) is 5.78 Å². The normalized spacial score (nSPS) is 25.4. The van der Waals surface area contributed by atoms with Crippen LogP contribution in [0.15, 0.2) is 54.9 Å². The van der Waals surface area contributed by atoms with E-state index < -0.39 is 0 Å². The molecule has 38 heavy (non-hydrogen) atoms. The molecule has 2 bridgehead atoms. The first-order chi connectivity index (χ1) is 18.4. The smallest absolute Gasteiger partial charge is 0.187 e. The summed E-state index contributed by atoms with van der Waals surface area (Å²) in [6.07, 6.45) is 13.0. The summed E-state index contributed by atoms with van der Waals surface area (Å²) in [5.41, 5.74) is 3.04. The van der Waals surface area contributed by atoms with Gasteiger partial charge in [-0.2, -0.15) is 0 Å². The Morgan fingerprint density at radius 2 is 1.76 bits per heavy atom. The maximum Gasteiger partial charge on any atom is 0.187 e. The number of aromatic hydroxyl groups is 1. The molecule has 0 radical (unpaired) electrons. The second kappa shape index (κ2) is 10.6. The number of hydrogen-bond acceptors (Lipinski definition) is 4. The van der Waals surface area contributed by atoms with Gasteiger partial charge in [-0.05, 0) is 99.2 Å². The van der Waals surface area contributed by atoms with Crippen molar-refractivity contribution in [3.8, 4) is 5.75 Å². The zero-order valence-corrected chi connectivity index (χ0v) is 23.3. The van der Waals surface area contributed by atoms with Gasteiger partial charge in [-0.3, -0.25) is 9.69 Å². The van der Waals surface area contributed by atoms with Crippen molar-refractivity contribution in [2.24, 2.45) is 5.92 Å². The van der Waals surface area contributed by atoms with Gasteiger partial charge in [-0.25, -0.2) is 0 Å². The third-order valence-corrected chi connectivity index (χ3v) is 10.0. The van der Waals surface area contributed by atoms with Crippen LogP contribution in [-0.4, -0.2) is 56.9 Å². The Balaban J connectivity index is 1.05. The van der Waals surface area contributed by atoms with Gasteiger partial charge in [0.05, 0.1) is 10.0 Å². The van der Waals surface area contributed by atoms with Crippen LogP contribution in [0.2, 0.25) is 10.0 Å². The number of H-pyrrole nitrogens is 1. The minimum Gasteiger partial charge on any atom is -0.508 e. The summed E-state index contributed by atoms with van der Waals surface area (Å²) in [7, 11) is 0. The van der Waals surface area contributed by atoms with Gasteiger partial charge in [0.2, 0.25) is 0 Å². The van der Waals surface area contributed by atoms with Gasteiger partial charge in [0, 0.05) is 66.2 Å². The molecular weight excluding hydrogens is 517 g/mol. The van der Waals surface area contributed by atoms with Crippen LogP contribution in [0.1, 0.15) is 67.3 Å². The number of phenols is 1. The van der Waals surface area contributed by atoms with Crippen LogP contribution >= 0.6 is 23.2 Å². The molecule has 7 heteroatoms. The molecule has 0 saturated carbocycles. The van der Waals surface area contributed by atoms with Gasteiger partial charge in [0.1, 0.15) is 5.75 Å². The summed E-state index contributed by atoms with van der Waals surface area (Å²) in [6.45, 7) is 4.40. The molecule has 3 aliphatic heterocycles. The third-order valence-electron chi connectivity index (χ3n) is 9.29. The van der Waals surface area contributed by atoms with E-state index in [0.717, 1.165) is 31.4 Å². The fraction of sp³-hybridized carbons (Fsp3) is 0.452. The SMILES string of the molecule is CC(C1CCN(/C=C/C(=O)c2ccc(Cl)c(Cl)c2)CC1)N1C2CCC1CC(c1c[nH]c3ccc(O)cc13)C2. The number of ketones is 1. The number of aromatic nitrogens is 1. The first-order valence-corrected chi connectivity index (χ1v) is 14.6. The molecule has 3 unspecified atom stereocenters. The average molecular weight is 553 g/mol. The lowest BCUT2D eigenvalue weighted by molar-refractivity contribution is 0.0376. The van der Waals surface area contributed by atoms with Gasteiger partial charge < -0.3 is 15.0 Å². The number of carbonyl (C=O) groups excluding carboxylic acids is 1. The topological polar surface area (TPSA) is 59.6 Å². The number of likely N-dealkylation sites (tertiary alicyclic amines) is 1. The summed E-state index contributed by atoms with van der Waals surface area (Å²) in [5.74, 6) is 1.51. The molecule has 0 amide bonds. The van der Waals surface area contributed by atoms with Gasteiger partial charge in [-0.15, -0.1) is 0 Å². The Morgan fingerprint density at radius 3 is 2.47 bits per heavy atom. The maximum absolute atomic E-state index is 12.6. The number of benzene rings is 2. The summed E-state index contributed by atoms with van der Waals surface area (Å²) in [6, 6.07) is 12.5. The molecule has 2 N–H and O–H groups in total. The quantitative estimate of drug-likeness (QED) is 0.247. The number of carbonyl (C=O) groups is 1. The van der Waals surface area contributed by atoms with Crippen molar-refractivity contribution in [2.75, 3.05) is 13.1 Å². The Morgan fingerprint density at radius 1 is 1.03 bits per heavy atom. The van der Waals surface area contributed by atoms with Crippen molar-refractivity contribution in [3.63, 3.8) is 0 Å². The molecule has 6 rings (SSSR count). The van der Waals surface area contributed by atoms with E-state index in [2.05, 4.69) is 27.9 Å². The first-order valence-electron chi connectivity index (χ1n) is 13.9. The monoisotopic (exact) mass is 551 g/mol. The van der Waals surface area contributed by atoms with E-state index in [1.165, 1.54) is 36.6 Å². The summed E-state index contributed by atoms with van der Waals surface area (Å²) < 4.78 is 0. The number of allylic oxidation sites excluding steroid dienone is 1. The van der Waals surface area contributed by atoms with E-state index in [1.807, 2.05) is 18.3 Å². The van der Waals surface area contributed by atoms with E-state index in [9.17, 15) is 9.90 Å². The molecule has 1 aromatic heterocycles. The van der Waals surface area contributed by atoms with E-state index in [0.29, 0.717) is 51.3 Å². The van der Waals surface area contributed by atoms with Crippen LogP contribution in [-0.2, 0) is 0 Å². The second-order valence-corrected chi connectivity index (χ2v) is 12.2. The van der Waals surface area contributed by atoms with Crippen molar-refractivity contribution in [3.05, 3.63) is 76.0 Å². The van der Waals surface area contributed by atoms with Crippen LogP contribution in [0, 0.1) is 5.92 Å². The fourth-order valence-corrected chi connectivity index (χ4v) is 7.61. The number of nitrogens with zero attached hydrogens (tertiary/aromatic N) is 2. The molecule has 5 nitrogen and oxygen atoms in total. The van der Waals surface area contributed by atoms with E-state index >= 15 is 0 Å². The molecule has 3 saturated heterocycles. The lowest BCUT2D eigenvalue weighted by Crippen LogP contribution is -2.51. The number of hydrogen-bond donors (Lipinski definition) is 2. The molecule has 0 spiro atoms. The summed E-state index contributed by atoms with van der Waals surface area (Å²) >= 11 is 12.0. The van der Waals surface area contributed by atoms with Crippen molar-refractivity contribution in [2.45, 2.75) is 69.5 Å². The molecule has 200 valence electrons. The lowest BCUT2D eigenvalue weighted by Gasteiger charge is -2.46. The lowest BCUT2D eigenvalue weighted by atomic mass is 9.81. The van der Waals surface area contributed by atoms with Crippen LogP contribution in [0.3, 0.4) is 0 Å². The molecule has 3 fully saturated rings. The number of rotatable bonds is 6. The fourth-order valence-electron chi connectivity index (χ4n) is 7.31. The molecule has 3 aliphatic rings. The Hall–Kier alpha value is -2.47. The standard InChI is InChI=1S/C31H35Cl2N3O2/c1-19(20-8-11-35(12-9-20)13-10-31(38)21-2-6-28(32)29(33)16-21)36-23-3-4-24(36)15-22(14-23)27-18-34-30-7-5-25(37)17-26(27)30/h2,5-7,10,13,16-20,22-24,34,37H,3-4,8-9,11-12,14-15H2,1H3/b13-10+. The molecule has 0 aliphatic carbocycles. The number of aromatic amines is 1. The number of phenolic OH excluding ortho intramolecular Hbond substituents is 1. The van der Waals surface area contributed by atoms with Crippen molar-refractivity contribution >= 4 is 39.9 Å². The summed E-state index contributed by atoms with van der Waals surface area (Å²) in [5, 5.41) is 12.1. The van der Waals surface area contributed by atoms with Crippen molar-refractivity contribution < 1.29 is 9.90 Å². The highest BCUT2D eigenvalue weighted by Gasteiger charge is 2.45. The van der Waals surface area contributed by atoms with Gasteiger partial charge in [0.15, 0.2) is 5.78 Å². The Bertz CT molecular complexity index is 1350. The maximum atomic E-state index is 12.6. The molecule has 4 heterocycles. The van der Waals surface area contributed by atoms with Gasteiger partial charge in [0.25, 0.3) is 0 Å². The molecule has 3 atom stereocenters. The van der Waals surface area contributed by atoms with Gasteiger partial charge >= 0.3 is 0 Å². The van der Waals surface area contributed by atoms with Crippen LogP contribution < -0.4 is 0 Å². The molecule has 2 aromatic carbocycles. The first kappa shape index (κ1) is 25.8. The minimum atomic E-state index is -0.0519. The second-order valence-electron chi connectivity index (χ2n) is 11.4. The Kier molecular flexibility index (Phi) is 7.19. The molecular formula is C31H35Cl2N3O2. The van der Waals surface area contributed by atoms with Crippen molar-refractivity contribution in [1.29, 1.82) is 0 Å². The van der Waals surface area contributed by atoms with Crippen LogP contribution in [0.5, 0.6) is 5.75 Å².